The Morgan fingerprint density at radius 2 is 1.44 bits per heavy atom. The minimum atomic E-state index is 0.159. The predicted molar refractivity (Wildman–Crippen MR) is 68.5 cm³/mol. The highest BCUT2D eigenvalue weighted by Crippen LogP contribution is 2.08. The lowest BCUT2D eigenvalue weighted by atomic mass is 10.1. The number of aliphatic hydroxyl groups is 1. The van der Waals surface area contributed by atoms with Crippen molar-refractivity contribution >= 4 is 0 Å². The molecule has 0 spiro atoms. The van der Waals surface area contributed by atoms with Gasteiger partial charge in [0.2, 0.25) is 0 Å². The van der Waals surface area contributed by atoms with E-state index < -0.39 is 0 Å². The van der Waals surface area contributed by atoms with E-state index in [1.54, 1.807) is 0 Å². The molecule has 1 atom stereocenters. The van der Waals surface area contributed by atoms with E-state index in [0.29, 0.717) is 13.2 Å². The molecule has 0 amide bonds. The van der Waals surface area contributed by atoms with Crippen molar-refractivity contribution in [3.05, 3.63) is 0 Å². The zero-order chi connectivity index (χ0) is 12.1. The van der Waals surface area contributed by atoms with Crippen LogP contribution < -0.4 is 5.73 Å². The van der Waals surface area contributed by atoms with Crippen LogP contribution in [-0.4, -0.2) is 31.0 Å². The first kappa shape index (κ1) is 15.9. The molecule has 0 rings (SSSR count). The summed E-state index contributed by atoms with van der Waals surface area (Å²) in [6.07, 6.45) is 9.75. The van der Waals surface area contributed by atoms with E-state index in [9.17, 15) is 0 Å². The number of aliphatic hydroxyl groups excluding tert-OH is 1. The van der Waals surface area contributed by atoms with Gasteiger partial charge in [0.15, 0.2) is 0 Å². The topological polar surface area (TPSA) is 55.5 Å². The van der Waals surface area contributed by atoms with Crippen LogP contribution in [0.5, 0.6) is 0 Å². The molecule has 0 heterocycles. The van der Waals surface area contributed by atoms with E-state index in [0.717, 1.165) is 19.4 Å². The van der Waals surface area contributed by atoms with Crippen LogP contribution in [0, 0.1) is 0 Å². The number of hydrogen-bond donors (Lipinski definition) is 2. The summed E-state index contributed by atoms with van der Waals surface area (Å²) in [6, 6.07) is 0.159. The first-order valence-corrected chi connectivity index (χ1v) is 6.71. The maximum absolute atomic E-state index is 8.61. The molecule has 0 radical (unpaired) electrons. The summed E-state index contributed by atoms with van der Waals surface area (Å²) in [5.41, 5.74) is 5.57. The van der Waals surface area contributed by atoms with Crippen molar-refractivity contribution in [3.8, 4) is 0 Å². The molecule has 0 saturated carbocycles. The fourth-order valence-electron chi connectivity index (χ4n) is 1.65. The molecule has 0 fully saturated rings. The third-order valence-electron chi connectivity index (χ3n) is 2.58. The van der Waals surface area contributed by atoms with Gasteiger partial charge in [0.05, 0.1) is 6.61 Å². The fraction of sp³-hybridized carbons (Fsp3) is 1.00. The van der Waals surface area contributed by atoms with Crippen molar-refractivity contribution < 1.29 is 9.84 Å². The van der Waals surface area contributed by atoms with Crippen LogP contribution in [0.25, 0.3) is 0 Å². The second kappa shape index (κ2) is 12.9. The van der Waals surface area contributed by atoms with E-state index in [2.05, 4.69) is 0 Å². The molecule has 0 aliphatic heterocycles. The number of nitrogens with two attached hydrogens (primary N) is 1. The minimum Gasteiger partial charge on any atom is -0.396 e. The quantitative estimate of drug-likeness (QED) is 0.507. The SMILES string of the molecule is CC(N)COCCCCCCCCCCO. The number of hydrogen-bond acceptors (Lipinski definition) is 3. The normalized spacial score (nSPS) is 12.9. The molecule has 98 valence electrons. The number of rotatable bonds is 12. The zero-order valence-electron chi connectivity index (χ0n) is 10.8. The van der Waals surface area contributed by atoms with Crippen LogP contribution in [0.4, 0.5) is 0 Å². The Kier molecular flexibility index (Phi) is 12.9. The molecule has 16 heavy (non-hydrogen) atoms. The van der Waals surface area contributed by atoms with E-state index in [4.69, 9.17) is 15.6 Å². The second-order valence-electron chi connectivity index (χ2n) is 4.60. The predicted octanol–water partition coefficient (Wildman–Crippen LogP) is 2.46. The molecule has 1 unspecified atom stereocenters. The standard InChI is InChI=1S/C13H29NO2/c1-13(14)12-16-11-9-7-5-3-2-4-6-8-10-15/h13,15H,2-12,14H2,1H3. The van der Waals surface area contributed by atoms with E-state index in [1.165, 1.54) is 38.5 Å². The first-order chi connectivity index (χ1) is 7.77. The fourth-order valence-corrected chi connectivity index (χ4v) is 1.65. The molecule has 3 nitrogen and oxygen atoms in total. The molecule has 0 aromatic carbocycles. The molecular formula is C13H29NO2. The van der Waals surface area contributed by atoms with Crippen LogP contribution in [0.1, 0.15) is 58.3 Å². The van der Waals surface area contributed by atoms with Gasteiger partial charge < -0.3 is 15.6 Å². The van der Waals surface area contributed by atoms with Crippen LogP contribution in [0.15, 0.2) is 0 Å². The molecule has 3 heteroatoms. The first-order valence-electron chi connectivity index (χ1n) is 6.71. The summed E-state index contributed by atoms with van der Waals surface area (Å²) >= 11 is 0. The second-order valence-corrected chi connectivity index (χ2v) is 4.60. The largest absolute Gasteiger partial charge is 0.396 e. The van der Waals surface area contributed by atoms with Crippen LogP contribution in [-0.2, 0) is 4.74 Å². The average molecular weight is 231 g/mol. The Labute approximate surface area is 100 Å². The van der Waals surface area contributed by atoms with Crippen molar-refractivity contribution in [2.75, 3.05) is 19.8 Å². The van der Waals surface area contributed by atoms with Crippen LogP contribution in [0.2, 0.25) is 0 Å². The minimum absolute atomic E-state index is 0.159. The monoisotopic (exact) mass is 231 g/mol. The van der Waals surface area contributed by atoms with Gasteiger partial charge in [-0.05, 0) is 19.8 Å². The maximum atomic E-state index is 8.61. The molecule has 0 aromatic rings. The summed E-state index contributed by atoms with van der Waals surface area (Å²) in [4.78, 5) is 0. The third-order valence-corrected chi connectivity index (χ3v) is 2.58. The highest BCUT2D eigenvalue weighted by molar-refractivity contribution is 4.50. The Morgan fingerprint density at radius 3 is 1.94 bits per heavy atom. The maximum Gasteiger partial charge on any atom is 0.0614 e. The van der Waals surface area contributed by atoms with Gasteiger partial charge in [-0.3, -0.25) is 0 Å². The van der Waals surface area contributed by atoms with Crippen molar-refractivity contribution in [2.45, 2.75) is 64.3 Å². The van der Waals surface area contributed by atoms with Gasteiger partial charge in [-0.25, -0.2) is 0 Å². The zero-order valence-corrected chi connectivity index (χ0v) is 10.8. The Morgan fingerprint density at radius 1 is 0.938 bits per heavy atom. The van der Waals surface area contributed by atoms with Gasteiger partial charge in [0.1, 0.15) is 0 Å². The molecular weight excluding hydrogens is 202 g/mol. The van der Waals surface area contributed by atoms with Crippen molar-refractivity contribution in [1.82, 2.24) is 0 Å². The van der Waals surface area contributed by atoms with Crippen LogP contribution >= 0.6 is 0 Å². The highest BCUT2D eigenvalue weighted by Gasteiger charge is 1.94. The van der Waals surface area contributed by atoms with Crippen molar-refractivity contribution in [2.24, 2.45) is 5.73 Å². The lowest BCUT2D eigenvalue weighted by Gasteiger charge is -2.06. The smallest absolute Gasteiger partial charge is 0.0614 e. The van der Waals surface area contributed by atoms with Gasteiger partial charge in [-0.2, -0.15) is 0 Å². The molecule has 3 N–H and O–H groups in total. The lowest BCUT2D eigenvalue weighted by Crippen LogP contribution is -2.22. The molecule has 0 aromatic heterocycles. The van der Waals surface area contributed by atoms with Gasteiger partial charge in [0.25, 0.3) is 0 Å². The number of ether oxygens (including phenoxy) is 1. The number of unbranched alkanes of at least 4 members (excludes halogenated alkanes) is 7. The van der Waals surface area contributed by atoms with E-state index in [-0.39, 0.29) is 6.04 Å². The molecule has 0 saturated heterocycles. The molecule has 0 bridgehead atoms. The summed E-state index contributed by atoms with van der Waals surface area (Å²) in [7, 11) is 0. The highest BCUT2D eigenvalue weighted by atomic mass is 16.5. The van der Waals surface area contributed by atoms with Crippen LogP contribution in [0.3, 0.4) is 0 Å². The summed E-state index contributed by atoms with van der Waals surface area (Å²) in [6.45, 7) is 3.84. The van der Waals surface area contributed by atoms with E-state index >= 15 is 0 Å². The van der Waals surface area contributed by atoms with Gasteiger partial charge in [-0.15, -0.1) is 0 Å². The summed E-state index contributed by atoms with van der Waals surface area (Å²) < 4.78 is 5.40. The van der Waals surface area contributed by atoms with Gasteiger partial charge in [-0.1, -0.05) is 38.5 Å². The van der Waals surface area contributed by atoms with Gasteiger partial charge in [0, 0.05) is 19.3 Å². The van der Waals surface area contributed by atoms with Crippen molar-refractivity contribution in [1.29, 1.82) is 0 Å². The summed E-state index contributed by atoms with van der Waals surface area (Å²) in [5, 5.41) is 8.61. The Bertz CT molecular complexity index is 129. The van der Waals surface area contributed by atoms with Gasteiger partial charge >= 0.3 is 0 Å². The molecule has 0 aliphatic rings. The summed E-state index contributed by atoms with van der Waals surface area (Å²) in [5.74, 6) is 0. The Hall–Kier alpha value is -0.120. The van der Waals surface area contributed by atoms with Crippen molar-refractivity contribution in [3.63, 3.8) is 0 Å². The Balaban J connectivity index is 2.88. The molecule has 0 aliphatic carbocycles. The van der Waals surface area contributed by atoms with E-state index in [1.807, 2.05) is 6.92 Å². The third kappa shape index (κ3) is 13.9. The lowest BCUT2D eigenvalue weighted by molar-refractivity contribution is 0.120. The average Bonchev–Trinajstić information content (AvgIpc) is 2.25.